The molecule has 10 nitrogen and oxygen atoms in total. The molecule has 3 aromatic rings. The SMILES string of the molecule is COc1ccc(-c2oc3c(Br)cc(CN(CCC(=O)N4CCN(C)CC4)C(=O)OC(C)(C)C)cc3c(=O)c2OC)cc1Cl. The van der Waals surface area contributed by atoms with Crippen LogP contribution < -0.4 is 14.9 Å². The van der Waals surface area contributed by atoms with Crippen molar-refractivity contribution in [2.45, 2.75) is 39.3 Å². The Labute approximate surface area is 264 Å². The Hall–Kier alpha value is -3.28. The average molecular weight is 679 g/mol. The number of rotatable bonds is 8. The second-order valence-electron chi connectivity index (χ2n) is 11.4. The summed E-state index contributed by atoms with van der Waals surface area (Å²) in [4.78, 5) is 45.3. The van der Waals surface area contributed by atoms with Crippen LogP contribution in [-0.2, 0) is 16.1 Å². The van der Waals surface area contributed by atoms with Gasteiger partial charge < -0.3 is 33.3 Å². The fourth-order valence-electron chi connectivity index (χ4n) is 4.80. The Kier molecular flexibility index (Phi) is 10.3. The van der Waals surface area contributed by atoms with Crippen molar-refractivity contribution < 1.29 is 28.2 Å². The van der Waals surface area contributed by atoms with Gasteiger partial charge in [0.15, 0.2) is 11.3 Å². The van der Waals surface area contributed by atoms with Gasteiger partial charge >= 0.3 is 6.09 Å². The van der Waals surface area contributed by atoms with Crippen molar-refractivity contribution in [1.82, 2.24) is 14.7 Å². The van der Waals surface area contributed by atoms with Gasteiger partial charge in [-0.25, -0.2) is 4.79 Å². The largest absolute Gasteiger partial charge is 0.495 e. The van der Waals surface area contributed by atoms with E-state index in [-0.39, 0.29) is 47.7 Å². The molecule has 0 N–H and O–H groups in total. The number of halogens is 2. The summed E-state index contributed by atoms with van der Waals surface area (Å²) in [5.74, 6) is 0.700. The van der Waals surface area contributed by atoms with E-state index in [0.717, 1.165) is 13.1 Å². The molecule has 232 valence electrons. The van der Waals surface area contributed by atoms with Gasteiger partial charge in [-0.15, -0.1) is 0 Å². The number of benzene rings is 2. The second-order valence-corrected chi connectivity index (χ2v) is 12.7. The molecule has 1 aromatic heterocycles. The monoisotopic (exact) mass is 677 g/mol. The summed E-state index contributed by atoms with van der Waals surface area (Å²) < 4.78 is 23.1. The van der Waals surface area contributed by atoms with Gasteiger partial charge in [-0.1, -0.05) is 11.6 Å². The zero-order valence-electron chi connectivity index (χ0n) is 25.3. The molecule has 2 aromatic carbocycles. The van der Waals surface area contributed by atoms with Gasteiger partial charge in [-0.3, -0.25) is 9.59 Å². The highest BCUT2D eigenvalue weighted by molar-refractivity contribution is 9.10. The summed E-state index contributed by atoms with van der Waals surface area (Å²) in [6, 6.07) is 8.49. The molecule has 0 atom stereocenters. The molecular formula is C31H37BrClN3O7. The normalized spacial score (nSPS) is 14.1. The maximum atomic E-state index is 13.7. The minimum Gasteiger partial charge on any atom is -0.495 e. The summed E-state index contributed by atoms with van der Waals surface area (Å²) in [7, 11) is 4.94. The van der Waals surface area contributed by atoms with Crippen LogP contribution in [0.15, 0.2) is 44.0 Å². The van der Waals surface area contributed by atoms with Crippen molar-refractivity contribution in [1.29, 1.82) is 0 Å². The van der Waals surface area contributed by atoms with Crippen LogP contribution in [0.1, 0.15) is 32.8 Å². The minimum atomic E-state index is -0.726. The van der Waals surface area contributed by atoms with E-state index in [1.54, 1.807) is 51.1 Å². The maximum absolute atomic E-state index is 13.7. The van der Waals surface area contributed by atoms with E-state index in [1.807, 2.05) is 11.9 Å². The van der Waals surface area contributed by atoms with Gasteiger partial charge in [0.1, 0.15) is 11.4 Å². The topological polar surface area (TPSA) is 102 Å². The number of piperazine rings is 1. The highest BCUT2D eigenvalue weighted by Gasteiger charge is 2.26. The first-order valence-corrected chi connectivity index (χ1v) is 15.1. The van der Waals surface area contributed by atoms with Gasteiger partial charge in [0.2, 0.25) is 17.1 Å². The number of methoxy groups -OCH3 is 2. The van der Waals surface area contributed by atoms with Crippen LogP contribution in [0.25, 0.3) is 22.3 Å². The fourth-order valence-corrected chi connectivity index (χ4v) is 5.64. The number of carbonyl (C=O) groups is 2. The lowest BCUT2D eigenvalue weighted by molar-refractivity contribution is -0.133. The summed E-state index contributed by atoms with van der Waals surface area (Å²) in [5.41, 5.74) is 0.383. The number of likely N-dealkylation sites (N-methyl/N-ethyl adjacent to an activating group) is 1. The van der Waals surface area contributed by atoms with Gasteiger partial charge in [0, 0.05) is 51.3 Å². The van der Waals surface area contributed by atoms with Crippen molar-refractivity contribution in [3.05, 3.63) is 55.6 Å². The zero-order valence-corrected chi connectivity index (χ0v) is 27.6. The average Bonchev–Trinajstić information content (AvgIpc) is 2.94. The number of hydrogen-bond donors (Lipinski definition) is 0. The quantitative estimate of drug-likeness (QED) is 0.295. The van der Waals surface area contributed by atoms with E-state index in [2.05, 4.69) is 20.8 Å². The number of amides is 2. The van der Waals surface area contributed by atoms with Crippen LogP contribution in [0.3, 0.4) is 0 Å². The van der Waals surface area contributed by atoms with E-state index in [0.29, 0.717) is 45.0 Å². The smallest absolute Gasteiger partial charge is 0.410 e. The van der Waals surface area contributed by atoms with E-state index in [4.69, 9.17) is 30.2 Å². The van der Waals surface area contributed by atoms with E-state index in [1.165, 1.54) is 19.1 Å². The third-order valence-electron chi connectivity index (χ3n) is 7.06. The first-order valence-electron chi connectivity index (χ1n) is 13.9. The summed E-state index contributed by atoms with van der Waals surface area (Å²) in [5, 5.41) is 0.620. The van der Waals surface area contributed by atoms with Crippen molar-refractivity contribution in [2.24, 2.45) is 0 Å². The third-order valence-corrected chi connectivity index (χ3v) is 7.94. The Morgan fingerprint density at radius 3 is 2.37 bits per heavy atom. The third kappa shape index (κ3) is 7.82. The van der Waals surface area contributed by atoms with Crippen LogP contribution in [0.5, 0.6) is 11.5 Å². The molecule has 1 aliphatic rings. The molecule has 2 heterocycles. The Morgan fingerprint density at radius 2 is 1.77 bits per heavy atom. The number of hydrogen-bond acceptors (Lipinski definition) is 8. The first kappa shape index (κ1) is 32.6. The molecule has 12 heteroatoms. The van der Waals surface area contributed by atoms with Gasteiger partial charge in [0.05, 0.1) is 29.1 Å². The highest BCUT2D eigenvalue weighted by atomic mass is 79.9. The molecule has 0 saturated carbocycles. The van der Waals surface area contributed by atoms with Crippen molar-refractivity contribution in [3.63, 3.8) is 0 Å². The van der Waals surface area contributed by atoms with E-state index in [9.17, 15) is 14.4 Å². The van der Waals surface area contributed by atoms with Crippen molar-refractivity contribution in [3.8, 4) is 22.8 Å². The van der Waals surface area contributed by atoms with Crippen LogP contribution in [0, 0.1) is 0 Å². The predicted molar refractivity (Wildman–Crippen MR) is 169 cm³/mol. The Balaban J connectivity index is 1.66. The van der Waals surface area contributed by atoms with Gasteiger partial charge in [-0.2, -0.15) is 0 Å². The van der Waals surface area contributed by atoms with Crippen molar-refractivity contribution >= 4 is 50.5 Å². The lowest BCUT2D eigenvalue weighted by atomic mass is 10.1. The van der Waals surface area contributed by atoms with E-state index < -0.39 is 11.7 Å². The van der Waals surface area contributed by atoms with Gasteiger partial charge in [0.25, 0.3) is 0 Å². The molecule has 1 saturated heterocycles. The van der Waals surface area contributed by atoms with Crippen molar-refractivity contribution in [2.75, 3.05) is 54.0 Å². The Morgan fingerprint density at radius 1 is 1.07 bits per heavy atom. The number of ether oxygens (including phenoxy) is 3. The van der Waals surface area contributed by atoms with Crippen LogP contribution in [0.2, 0.25) is 5.02 Å². The molecule has 2 amide bonds. The Bertz CT molecular complexity index is 1560. The molecule has 0 radical (unpaired) electrons. The maximum Gasteiger partial charge on any atom is 0.410 e. The summed E-state index contributed by atoms with van der Waals surface area (Å²) in [6.45, 7) is 8.56. The zero-order chi connectivity index (χ0) is 31.5. The molecular weight excluding hydrogens is 642 g/mol. The predicted octanol–water partition coefficient (Wildman–Crippen LogP) is 5.79. The molecule has 0 bridgehead atoms. The lowest BCUT2D eigenvalue weighted by Gasteiger charge is -2.33. The summed E-state index contributed by atoms with van der Waals surface area (Å²) in [6.07, 6.45) is -0.396. The second kappa shape index (κ2) is 13.6. The summed E-state index contributed by atoms with van der Waals surface area (Å²) >= 11 is 9.88. The first-order chi connectivity index (χ1) is 20.3. The van der Waals surface area contributed by atoms with Crippen LogP contribution >= 0.6 is 27.5 Å². The molecule has 0 aliphatic carbocycles. The fraction of sp³-hybridized carbons (Fsp3) is 0.452. The molecule has 0 spiro atoms. The molecule has 43 heavy (non-hydrogen) atoms. The number of carbonyl (C=O) groups excluding carboxylic acids is 2. The molecule has 0 unspecified atom stereocenters. The van der Waals surface area contributed by atoms with E-state index >= 15 is 0 Å². The molecule has 1 fully saturated rings. The number of nitrogens with zero attached hydrogens (tertiary/aromatic N) is 3. The lowest BCUT2D eigenvalue weighted by Crippen LogP contribution is -2.48. The van der Waals surface area contributed by atoms with Crippen LogP contribution in [0.4, 0.5) is 4.79 Å². The van der Waals surface area contributed by atoms with Gasteiger partial charge in [-0.05, 0) is 79.6 Å². The number of fused-ring (bicyclic) bond motifs is 1. The standard InChI is InChI=1S/C31H37BrClN3O7/c1-31(2,3)43-30(39)36(10-9-25(37)35-13-11-34(4)12-14-35)18-19-15-21-26(38)29(41-6)27(42-28(21)22(32)16-19)20-7-8-24(40-5)23(33)17-20/h7-8,15-17H,9-14,18H2,1-6H3. The molecule has 1 aliphatic heterocycles. The molecule has 4 rings (SSSR count). The van der Waals surface area contributed by atoms with Crippen LogP contribution in [-0.4, -0.2) is 86.3 Å². The highest BCUT2D eigenvalue weighted by Crippen LogP contribution is 2.37. The minimum absolute atomic E-state index is 0.0135.